The fourth-order valence-corrected chi connectivity index (χ4v) is 3.16. The predicted octanol–water partition coefficient (Wildman–Crippen LogP) is 3.16. The molecular formula is C15H21N3. The topological polar surface area (TPSA) is 54.7 Å². The predicted molar refractivity (Wildman–Crippen MR) is 74.8 cm³/mol. The van der Waals surface area contributed by atoms with Gasteiger partial charge in [0, 0.05) is 12.0 Å². The maximum absolute atomic E-state index is 6.07. The number of fused-ring (bicyclic) bond motifs is 1. The third-order valence-electron chi connectivity index (χ3n) is 4.04. The first-order valence-corrected chi connectivity index (χ1v) is 6.86. The van der Waals surface area contributed by atoms with Crippen LogP contribution in [-0.2, 0) is 0 Å². The Morgan fingerprint density at radius 3 is 2.89 bits per heavy atom. The highest BCUT2D eigenvalue weighted by Gasteiger charge is 2.23. The van der Waals surface area contributed by atoms with E-state index >= 15 is 0 Å². The van der Waals surface area contributed by atoms with Crippen molar-refractivity contribution in [2.75, 3.05) is 0 Å². The van der Waals surface area contributed by atoms with Crippen LogP contribution in [-0.4, -0.2) is 16.0 Å². The molecule has 96 valence electrons. The molecule has 1 fully saturated rings. The van der Waals surface area contributed by atoms with Crippen LogP contribution in [0.3, 0.4) is 0 Å². The van der Waals surface area contributed by atoms with Crippen molar-refractivity contribution in [1.82, 2.24) is 9.97 Å². The molecule has 3 heteroatoms. The van der Waals surface area contributed by atoms with Crippen LogP contribution in [0.5, 0.6) is 0 Å². The van der Waals surface area contributed by atoms with E-state index in [0.717, 1.165) is 24.2 Å². The number of benzene rings is 1. The van der Waals surface area contributed by atoms with Crippen LogP contribution in [0.15, 0.2) is 12.1 Å². The molecule has 3 nitrogen and oxygen atoms in total. The molecule has 1 saturated carbocycles. The zero-order valence-corrected chi connectivity index (χ0v) is 11.2. The van der Waals surface area contributed by atoms with Crippen LogP contribution in [0.2, 0.25) is 0 Å². The number of aromatic amines is 1. The lowest BCUT2D eigenvalue weighted by Gasteiger charge is -2.24. The summed E-state index contributed by atoms with van der Waals surface area (Å²) >= 11 is 0. The number of nitrogens with two attached hydrogens (primary N) is 1. The summed E-state index contributed by atoms with van der Waals surface area (Å²) in [7, 11) is 0. The van der Waals surface area contributed by atoms with Crippen molar-refractivity contribution in [3.63, 3.8) is 0 Å². The molecule has 0 saturated heterocycles. The molecule has 0 spiro atoms. The van der Waals surface area contributed by atoms with Crippen molar-refractivity contribution in [2.45, 2.75) is 51.5 Å². The average molecular weight is 243 g/mol. The Morgan fingerprint density at radius 1 is 1.28 bits per heavy atom. The van der Waals surface area contributed by atoms with E-state index in [-0.39, 0.29) is 0 Å². The van der Waals surface area contributed by atoms with E-state index in [1.165, 1.54) is 29.5 Å². The third kappa shape index (κ3) is 2.03. The number of imidazole rings is 1. The maximum atomic E-state index is 6.07. The second-order valence-corrected chi connectivity index (χ2v) is 5.72. The van der Waals surface area contributed by atoms with Gasteiger partial charge in [0.2, 0.25) is 0 Å². The highest BCUT2D eigenvalue weighted by atomic mass is 14.9. The summed E-state index contributed by atoms with van der Waals surface area (Å²) in [6, 6.07) is 4.72. The SMILES string of the molecule is Cc1cc(C)c2nc(C3CCCC(N)C3)[nH]c2c1. The molecule has 1 aliphatic carbocycles. The Kier molecular flexibility index (Phi) is 2.86. The molecule has 1 aromatic carbocycles. The third-order valence-corrected chi connectivity index (χ3v) is 4.04. The Labute approximate surface area is 108 Å². The molecular weight excluding hydrogens is 222 g/mol. The van der Waals surface area contributed by atoms with Crippen LogP contribution >= 0.6 is 0 Å². The summed E-state index contributed by atoms with van der Waals surface area (Å²) in [5, 5.41) is 0. The summed E-state index contributed by atoms with van der Waals surface area (Å²) in [4.78, 5) is 8.30. The van der Waals surface area contributed by atoms with E-state index in [1.807, 2.05) is 0 Å². The van der Waals surface area contributed by atoms with Crippen molar-refractivity contribution in [3.8, 4) is 0 Å². The van der Waals surface area contributed by atoms with Gasteiger partial charge in [-0.3, -0.25) is 0 Å². The first kappa shape index (κ1) is 11.7. The second kappa shape index (κ2) is 4.39. The molecule has 3 rings (SSSR count). The fourth-order valence-electron chi connectivity index (χ4n) is 3.16. The minimum absolute atomic E-state index is 0.347. The minimum Gasteiger partial charge on any atom is -0.342 e. The Bertz CT molecular complexity index is 570. The Morgan fingerprint density at radius 2 is 2.11 bits per heavy atom. The number of rotatable bonds is 1. The summed E-state index contributed by atoms with van der Waals surface area (Å²) in [6.45, 7) is 4.26. The molecule has 0 aliphatic heterocycles. The monoisotopic (exact) mass is 243 g/mol. The zero-order valence-electron chi connectivity index (χ0n) is 11.2. The Hall–Kier alpha value is -1.35. The number of aryl methyl sites for hydroxylation is 2. The number of hydrogen-bond acceptors (Lipinski definition) is 2. The van der Waals surface area contributed by atoms with Crippen molar-refractivity contribution in [3.05, 3.63) is 29.1 Å². The van der Waals surface area contributed by atoms with E-state index < -0.39 is 0 Å². The van der Waals surface area contributed by atoms with Crippen molar-refractivity contribution < 1.29 is 0 Å². The molecule has 0 radical (unpaired) electrons. The highest BCUT2D eigenvalue weighted by molar-refractivity contribution is 5.79. The smallest absolute Gasteiger partial charge is 0.110 e. The molecule has 3 N–H and O–H groups in total. The number of hydrogen-bond donors (Lipinski definition) is 2. The molecule has 1 aliphatic rings. The van der Waals surface area contributed by atoms with Crippen LogP contribution < -0.4 is 5.73 Å². The van der Waals surface area contributed by atoms with Crippen LogP contribution in [0, 0.1) is 13.8 Å². The lowest BCUT2D eigenvalue weighted by atomic mass is 9.86. The fraction of sp³-hybridized carbons (Fsp3) is 0.533. The first-order chi connectivity index (χ1) is 8.63. The van der Waals surface area contributed by atoms with Crippen LogP contribution in [0.4, 0.5) is 0 Å². The number of aromatic nitrogens is 2. The number of nitrogens with zero attached hydrogens (tertiary/aromatic N) is 1. The molecule has 1 aromatic heterocycles. The lowest BCUT2D eigenvalue weighted by molar-refractivity contribution is 0.384. The quantitative estimate of drug-likeness (QED) is 0.808. The van der Waals surface area contributed by atoms with Gasteiger partial charge in [-0.05, 0) is 50.3 Å². The Balaban J connectivity index is 2.00. The normalized spacial score (nSPS) is 24.6. The number of H-pyrrole nitrogens is 1. The van der Waals surface area contributed by atoms with Gasteiger partial charge >= 0.3 is 0 Å². The largest absolute Gasteiger partial charge is 0.342 e. The molecule has 2 aromatic rings. The van der Waals surface area contributed by atoms with Gasteiger partial charge in [-0.25, -0.2) is 4.98 Å². The zero-order chi connectivity index (χ0) is 12.7. The van der Waals surface area contributed by atoms with Crippen molar-refractivity contribution in [1.29, 1.82) is 0 Å². The molecule has 2 unspecified atom stereocenters. The van der Waals surface area contributed by atoms with E-state index in [4.69, 9.17) is 10.7 Å². The molecule has 2 atom stereocenters. The van der Waals surface area contributed by atoms with Crippen molar-refractivity contribution in [2.24, 2.45) is 5.73 Å². The van der Waals surface area contributed by atoms with Gasteiger partial charge in [-0.15, -0.1) is 0 Å². The summed E-state index contributed by atoms with van der Waals surface area (Å²) in [6.07, 6.45) is 4.67. The summed E-state index contributed by atoms with van der Waals surface area (Å²) in [5.41, 5.74) is 10.9. The van der Waals surface area contributed by atoms with Crippen molar-refractivity contribution >= 4 is 11.0 Å². The lowest BCUT2D eigenvalue weighted by Crippen LogP contribution is -2.27. The maximum Gasteiger partial charge on any atom is 0.110 e. The van der Waals surface area contributed by atoms with E-state index in [9.17, 15) is 0 Å². The second-order valence-electron chi connectivity index (χ2n) is 5.72. The summed E-state index contributed by atoms with van der Waals surface area (Å²) in [5.74, 6) is 1.65. The molecule has 1 heterocycles. The van der Waals surface area contributed by atoms with Gasteiger partial charge in [0.1, 0.15) is 5.82 Å². The molecule has 18 heavy (non-hydrogen) atoms. The van der Waals surface area contributed by atoms with E-state index in [1.54, 1.807) is 0 Å². The molecule has 0 bridgehead atoms. The standard InChI is InChI=1S/C15H21N3/c1-9-6-10(2)14-13(7-9)17-15(18-14)11-4-3-5-12(16)8-11/h6-7,11-12H,3-5,8,16H2,1-2H3,(H,17,18). The first-order valence-electron chi connectivity index (χ1n) is 6.86. The van der Waals surface area contributed by atoms with E-state index in [2.05, 4.69) is 31.0 Å². The van der Waals surface area contributed by atoms with Crippen LogP contribution in [0.1, 0.15) is 48.6 Å². The number of nitrogens with one attached hydrogen (secondary N) is 1. The van der Waals surface area contributed by atoms with Gasteiger partial charge in [0.05, 0.1) is 11.0 Å². The average Bonchev–Trinajstić information content (AvgIpc) is 2.73. The van der Waals surface area contributed by atoms with E-state index in [0.29, 0.717) is 12.0 Å². The van der Waals surface area contributed by atoms with Gasteiger partial charge in [0.25, 0.3) is 0 Å². The summed E-state index contributed by atoms with van der Waals surface area (Å²) < 4.78 is 0. The minimum atomic E-state index is 0.347. The van der Waals surface area contributed by atoms with Gasteiger partial charge in [0.15, 0.2) is 0 Å². The van der Waals surface area contributed by atoms with Gasteiger partial charge < -0.3 is 10.7 Å². The van der Waals surface area contributed by atoms with Gasteiger partial charge in [-0.1, -0.05) is 12.5 Å². The van der Waals surface area contributed by atoms with Crippen LogP contribution in [0.25, 0.3) is 11.0 Å². The van der Waals surface area contributed by atoms with Gasteiger partial charge in [-0.2, -0.15) is 0 Å². The highest BCUT2D eigenvalue weighted by Crippen LogP contribution is 2.32. The molecule has 0 amide bonds.